The zero-order valence-corrected chi connectivity index (χ0v) is 14.4. The van der Waals surface area contributed by atoms with Crippen LogP contribution in [-0.2, 0) is 16.1 Å². The Labute approximate surface area is 152 Å². The van der Waals surface area contributed by atoms with Crippen LogP contribution >= 0.6 is 11.3 Å². The van der Waals surface area contributed by atoms with Gasteiger partial charge in [-0.15, -0.1) is 11.3 Å². The van der Waals surface area contributed by atoms with E-state index in [-0.39, 0.29) is 18.8 Å². The zero-order chi connectivity index (χ0) is 17.9. The molecule has 0 saturated heterocycles. The maximum Gasteiger partial charge on any atom is 0.344 e. The minimum atomic E-state index is -0.522. The van der Waals surface area contributed by atoms with Crippen molar-refractivity contribution in [2.45, 2.75) is 6.61 Å². The van der Waals surface area contributed by atoms with E-state index < -0.39 is 5.97 Å². The monoisotopic (exact) mass is 366 g/mol. The minimum Gasteiger partial charge on any atom is -0.482 e. The van der Waals surface area contributed by atoms with E-state index in [2.05, 4.69) is 4.98 Å². The van der Waals surface area contributed by atoms with E-state index in [1.54, 1.807) is 11.6 Å². The van der Waals surface area contributed by atoms with Crippen LogP contribution in [0.4, 0.5) is 0 Å². The molecule has 4 aromatic rings. The van der Waals surface area contributed by atoms with E-state index in [1.807, 2.05) is 42.5 Å². The molecule has 0 saturated carbocycles. The van der Waals surface area contributed by atoms with Gasteiger partial charge in [-0.25, -0.2) is 9.78 Å². The first-order valence-corrected chi connectivity index (χ1v) is 8.80. The molecule has 2 aromatic carbocycles. The van der Waals surface area contributed by atoms with Crippen molar-refractivity contribution in [2.75, 3.05) is 6.61 Å². The Morgan fingerprint density at radius 1 is 1.12 bits per heavy atom. The molecule has 0 bridgehead atoms. The van der Waals surface area contributed by atoms with Crippen LogP contribution in [0.3, 0.4) is 0 Å². The maximum absolute atomic E-state index is 11.9. The van der Waals surface area contributed by atoms with Gasteiger partial charge in [0.1, 0.15) is 12.4 Å². The lowest BCUT2D eigenvalue weighted by Gasteiger charge is -2.08. The van der Waals surface area contributed by atoms with Crippen molar-refractivity contribution in [2.24, 2.45) is 0 Å². The average molecular weight is 366 g/mol. The lowest BCUT2D eigenvalue weighted by Crippen LogP contribution is -2.17. The van der Waals surface area contributed by atoms with Gasteiger partial charge in [0.15, 0.2) is 11.6 Å². The molecule has 0 spiro atoms. The first-order valence-electron chi connectivity index (χ1n) is 7.92. The van der Waals surface area contributed by atoms with Crippen molar-refractivity contribution in [3.63, 3.8) is 0 Å². The van der Waals surface area contributed by atoms with Crippen LogP contribution in [0.25, 0.3) is 15.7 Å². The molecule has 2 heterocycles. The fraction of sp³-hybridized carbons (Fsp3) is 0.105. The van der Waals surface area contributed by atoms with Crippen molar-refractivity contribution in [3.05, 3.63) is 76.2 Å². The number of rotatable bonds is 5. The summed E-state index contributed by atoms with van der Waals surface area (Å²) in [5.41, 5.74) is 0.214. The van der Waals surface area contributed by atoms with Gasteiger partial charge < -0.3 is 9.47 Å². The highest BCUT2D eigenvalue weighted by Gasteiger charge is 2.08. The molecule has 130 valence electrons. The average Bonchev–Trinajstić information content (AvgIpc) is 3.14. The Hall–Kier alpha value is -3.19. The molecule has 0 amide bonds. The standard InChI is InChI=1S/C19H14N2O4S/c22-17-10-15(20-19-21(17)7-8-26-19)11-25-18(23)12-24-16-6-5-13-3-1-2-4-14(13)9-16/h1-10H,11-12H2. The number of ether oxygens (including phenoxy) is 2. The maximum atomic E-state index is 11.9. The number of hydrogen-bond acceptors (Lipinski definition) is 6. The number of benzene rings is 2. The number of nitrogens with zero attached hydrogens (tertiary/aromatic N) is 2. The summed E-state index contributed by atoms with van der Waals surface area (Å²) in [6, 6.07) is 14.9. The summed E-state index contributed by atoms with van der Waals surface area (Å²) in [4.78, 5) is 28.6. The highest BCUT2D eigenvalue weighted by atomic mass is 32.1. The molecule has 26 heavy (non-hydrogen) atoms. The van der Waals surface area contributed by atoms with Gasteiger partial charge in [0.25, 0.3) is 5.56 Å². The second-order valence-electron chi connectivity index (χ2n) is 5.60. The Morgan fingerprint density at radius 2 is 1.96 bits per heavy atom. The Bertz CT molecular complexity index is 1150. The van der Waals surface area contributed by atoms with E-state index in [1.165, 1.54) is 21.8 Å². The topological polar surface area (TPSA) is 69.9 Å². The molecular weight excluding hydrogens is 352 g/mol. The molecule has 0 atom stereocenters. The van der Waals surface area contributed by atoms with E-state index in [0.717, 1.165) is 10.8 Å². The van der Waals surface area contributed by atoms with Gasteiger partial charge >= 0.3 is 5.97 Å². The van der Waals surface area contributed by atoms with Crippen LogP contribution in [0, 0.1) is 0 Å². The normalized spacial score (nSPS) is 10.9. The molecule has 0 aliphatic rings. The van der Waals surface area contributed by atoms with Gasteiger partial charge in [-0.3, -0.25) is 9.20 Å². The summed E-state index contributed by atoms with van der Waals surface area (Å²) >= 11 is 1.34. The number of carbonyl (C=O) groups is 1. The molecule has 4 rings (SSSR count). The molecule has 0 unspecified atom stereocenters. The lowest BCUT2D eigenvalue weighted by atomic mass is 10.1. The lowest BCUT2D eigenvalue weighted by molar-refractivity contribution is -0.147. The molecule has 6 nitrogen and oxygen atoms in total. The summed E-state index contributed by atoms with van der Waals surface area (Å²) in [7, 11) is 0. The largest absolute Gasteiger partial charge is 0.482 e. The van der Waals surface area contributed by atoms with Crippen molar-refractivity contribution in [1.29, 1.82) is 0 Å². The number of carbonyl (C=O) groups excluding carboxylic acids is 1. The van der Waals surface area contributed by atoms with Gasteiger partial charge in [0.05, 0.1) is 5.69 Å². The third kappa shape index (κ3) is 3.43. The Kier molecular flexibility index (Phi) is 4.37. The fourth-order valence-corrected chi connectivity index (χ4v) is 3.30. The fourth-order valence-electron chi connectivity index (χ4n) is 2.56. The van der Waals surface area contributed by atoms with Crippen molar-refractivity contribution >= 4 is 33.0 Å². The van der Waals surface area contributed by atoms with E-state index in [9.17, 15) is 9.59 Å². The first kappa shape index (κ1) is 16.3. The number of thiazole rings is 1. The molecule has 0 N–H and O–H groups in total. The third-order valence-corrected chi connectivity index (χ3v) is 4.57. The second kappa shape index (κ2) is 6.97. The predicted octanol–water partition coefficient (Wildman–Crippen LogP) is 3.03. The van der Waals surface area contributed by atoms with Crippen LogP contribution in [0.2, 0.25) is 0 Å². The van der Waals surface area contributed by atoms with Gasteiger partial charge in [-0.2, -0.15) is 0 Å². The molecular formula is C19H14N2O4S. The molecule has 0 radical (unpaired) electrons. The zero-order valence-electron chi connectivity index (χ0n) is 13.6. The SMILES string of the molecule is O=C(COc1ccc2ccccc2c1)OCc1cc(=O)n2ccsc2n1. The number of esters is 1. The second-order valence-corrected chi connectivity index (χ2v) is 6.47. The summed E-state index contributed by atoms with van der Waals surface area (Å²) < 4.78 is 12.1. The summed E-state index contributed by atoms with van der Waals surface area (Å²) in [5.74, 6) is 0.0726. The number of fused-ring (bicyclic) bond motifs is 2. The molecule has 0 aliphatic carbocycles. The predicted molar refractivity (Wildman–Crippen MR) is 98.6 cm³/mol. The number of hydrogen-bond donors (Lipinski definition) is 0. The Morgan fingerprint density at radius 3 is 2.85 bits per heavy atom. The number of aromatic nitrogens is 2. The third-order valence-electron chi connectivity index (χ3n) is 3.81. The van der Waals surface area contributed by atoms with Gasteiger partial charge in [-0.1, -0.05) is 30.3 Å². The van der Waals surface area contributed by atoms with Crippen LogP contribution in [-0.4, -0.2) is 22.0 Å². The van der Waals surface area contributed by atoms with Gasteiger partial charge in [-0.05, 0) is 22.9 Å². The van der Waals surface area contributed by atoms with Gasteiger partial charge in [0, 0.05) is 17.6 Å². The van der Waals surface area contributed by atoms with Crippen LogP contribution < -0.4 is 10.3 Å². The van der Waals surface area contributed by atoms with Crippen LogP contribution in [0.15, 0.2) is 64.9 Å². The van der Waals surface area contributed by atoms with Crippen LogP contribution in [0.5, 0.6) is 5.75 Å². The highest BCUT2D eigenvalue weighted by molar-refractivity contribution is 7.15. The smallest absolute Gasteiger partial charge is 0.344 e. The molecule has 0 aliphatic heterocycles. The van der Waals surface area contributed by atoms with E-state index >= 15 is 0 Å². The summed E-state index contributed by atoms with van der Waals surface area (Å²) in [6.07, 6.45) is 1.66. The molecule has 7 heteroatoms. The summed E-state index contributed by atoms with van der Waals surface area (Å²) in [6.45, 7) is -0.276. The van der Waals surface area contributed by atoms with Gasteiger partial charge in [0.2, 0.25) is 0 Å². The van der Waals surface area contributed by atoms with Crippen LogP contribution in [0.1, 0.15) is 5.69 Å². The minimum absolute atomic E-state index is 0.0659. The molecule has 2 aromatic heterocycles. The first-order chi connectivity index (χ1) is 12.7. The quantitative estimate of drug-likeness (QED) is 0.508. The Balaban J connectivity index is 1.36. The molecule has 0 fully saturated rings. The highest BCUT2D eigenvalue weighted by Crippen LogP contribution is 2.20. The van der Waals surface area contributed by atoms with Crippen molar-refractivity contribution in [3.8, 4) is 5.75 Å². The van der Waals surface area contributed by atoms with E-state index in [4.69, 9.17) is 9.47 Å². The van der Waals surface area contributed by atoms with E-state index in [0.29, 0.717) is 16.4 Å². The van der Waals surface area contributed by atoms with Crippen molar-refractivity contribution < 1.29 is 14.3 Å². The van der Waals surface area contributed by atoms with Crippen molar-refractivity contribution in [1.82, 2.24) is 9.38 Å². The summed E-state index contributed by atoms with van der Waals surface area (Å²) in [5, 5.41) is 3.91.